The van der Waals surface area contributed by atoms with Gasteiger partial charge in [0.05, 0.1) is 5.69 Å². The minimum atomic E-state index is -0.283. The van der Waals surface area contributed by atoms with E-state index < -0.39 is 0 Å². The molecule has 1 aromatic heterocycles. The largest absolute Gasteiger partial charge is 0.373 e. The van der Waals surface area contributed by atoms with Crippen LogP contribution in [0.4, 0.5) is 10.2 Å². The third-order valence-corrected chi connectivity index (χ3v) is 3.42. The molecule has 19 heavy (non-hydrogen) atoms. The molecular formula is C14H15BrFN3. The van der Waals surface area contributed by atoms with Gasteiger partial charge in [-0.3, -0.25) is 0 Å². The molecule has 1 heterocycles. The van der Waals surface area contributed by atoms with Gasteiger partial charge in [-0.25, -0.2) is 14.4 Å². The average Bonchev–Trinajstić information content (AvgIpc) is 2.42. The van der Waals surface area contributed by atoms with Gasteiger partial charge in [0.15, 0.2) is 0 Å². The first-order valence-corrected chi connectivity index (χ1v) is 6.86. The van der Waals surface area contributed by atoms with E-state index in [-0.39, 0.29) is 5.82 Å². The number of benzene rings is 1. The Kier molecular flexibility index (Phi) is 4.14. The second-order valence-corrected chi connectivity index (χ2v) is 5.11. The summed E-state index contributed by atoms with van der Waals surface area (Å²) in [6.07, 6.45) is 0.706. The van der Waals surface area contributed by atoms with E-state index in [0.717, 1.165) is 15.9 Å². The highest BCUT2D eigenvalue weighted by molar-refractivity contribution is 9.10. The molecule has 0 amide bonds. The lowest BCUT2D eigenvalue weighted by atomic mass is 10.1. The van der Waals surface area contributed by atoms with Gasteiger partial charge in [0.1, 0.15) is 17.5 Å². The van der Waals surface area contributed by atoms with E-state index in [1.54, 1.807) is 19.2 Å². The van der Waals surface area contributed by atoms with Gasteiger partial charge in [0.25, 0.3) is 0 Å². The Morgan fingerprint density at radius 2 is 2.05 bits per heavy atom. The molecule has 5 heteroatoms. The summed E-state index contributed by atoms with van der Waals surface area (Å²) in [4.78, 5) is 8.85. The summed E-state index contributed by atoms with van der Waals surface area (Å²) >= 11 is 3.36. The van der Waals surface area contributed by atoms with Gasteiger partial charge in [-0.15, -0.1) is 0 Å². The first kappa shape index (κ1) is 13.9. The molecule has 0 bridgehead atoms. The third-order valence-electron chi connectivity index (χ3n) is 2.93. The number of aryl methyl sites for hydroxylation is 1. The zero-order chi connectivity index (χ0) is 14.0. The molecule has 2 aromatic rings. The van der Waals surface area contributed by atoms with Gasteiger partial charge in [-0.1, -0.05) is 22.9 Å². The number of rotatable bonds is 3. The van der Waals surface area contributed by atoms with Crippen molar-refractivity contribution in [3.63, 3.8) is 0 Å². The van der Waals surface area contributed by atoms with Gasteiger partial charge in [0, 0.05) is 29.1 Å². The molecule has 3 nitrogen and oxygen atoms in total. The zero-order valence-corrected chi connectivity index (χ0v) is 12.7. The number of nitrogens with zero attached hydrogens (tertiary/aromatic N) is 2. The minimum absolute atomic E-state index is 0.283. The molecular weight excluding hydrogens is 309 g/mol. The lowest BCUT2D eigenvalue weighted by Gasteiger charge is -2.12. The van der Waals surface area contributed by atoms with Crippen LogP contribution in [0.25, 0.3) is 11.3 Å². The summed E-state index contributed by atoms with van der Waals surface area (Å²) in [5, 5.41) is 3.03. The number of halogens is 2. The molecule has 2 rings (SSSR count). The van der Waals surface area contributed by atoms with Gasteiger partial charge in [0.2, 0.25) is 0 Å². The van der Waals surface area contributed by atoms with Crippen molar-refractivity contribution < 1.29 is 4.39 Å². The number of nitrogens with one attached hydrogen (secondary N) is 1. The van der Waals surface area contributed by atoms with Gasteiger partial charge in [-0.05, 0) is 25.1 Å². The molecule has 0 saturated carbocycles. The van der Waals surface area contributed by atoms with Gasteiger partial charge in [-0.2, -0.15) is 0 Å². The van der Waals surface area contributed by atoms with Crippen LogP contribution in [0.5, 0.6) is 0 Å². The fraction of sp³-hybridized carbons (Fsp3) is 0.286. The predicted molar refractivity (Wildman–Crippen MR) is 78.8 cm³/mol. The first-order chi connectivity index (χ1) is 9.06. The SMILES string of the molecule is CCc1nc(NC)c(C)c(-c2cc(Br)ccc2F)n1. The van der Waals surface area contributed by atoms with Crippen molar-refractivity contribution in [3.05, 3.63) is 39.9 Å². The fourth-order valence-electron chi connectivity index (χ4n) is 1.91. The molecule has 0 spiro atoms. The lowest BCUT2D eigenvalue weighted by molar-refractivity contribution is 0.630. The predicted octanol–water partition coefficient (Wildman–Crippen LogP) is 3.96. The zero-order valence-electron chi connectivity index (χ0n) is 11.1. The Bertz CT molecular complexity index is 614. The monoisotopic (exact) mass is 323 g/mol. The maximum Gasteiger partial charge on any atom is 0.133 e. The summed E-state index contributed by atoms with van der Waals surface area (Å²) < 4.78 is 14.8. The molecule has 0 aliphatic carbocycles. The summed E-state index contributed by atoms with van der Waals surface area (Å²) in [5.41, 5.74) is 1.96. The number of hydrogen-bond acceptors (Lipinski definition) is 3. The third kappa shape index (κ3) is 2.76. The van der Waals surface area contributed by atoms with Gasteiger partial charge < -0.3 is 5.32 Å². The van der Waals surface area contributed by atoms with Crippen molar-refractivity contribution in [2.45, 2.75) is 20.3 Å². The fourth-order valence-corrected chi connectivity index (χ4v) is 2.27. The van der Waals surface area contributed by atoms with Crippen LogP contribution < -0.4 is 5.32 Å². The smallest absolute Gasteiger partial charge is 0.133 e. The number of hydrogen-bond donors (Lipinski definition) is 1. The van der Waals surface area contributed by atoms with E-state index in [1.807, 2.05) is 13.8 Å². The lowest BCUT2D eigenvalue weighted by Crippen LogP contribution is -2.05. The van der Waals surface area contributed by atoms with Crippen molar-refractivity contribution in [2.75, 3.05) is 12.4 Å². The van der Waals surface area contributed by atoms with Crippen molar-refractivity contribution in [2.24, 2.45) is 0 Å². The first-order valence-electron chi connectivity index (χ1n) is 6.07. The summed E-state index contributed by atoms with van der Waals surface area (Å²) in [5.74, 6) is 1.15. The van der Waals surface area contributed by atoms with E-state index in [2.05, 4.69) is 31.2 Å². The highest BCUT2D eigenvalue weighted by atomic mass is 79.9. The molecule has 1 aromatic carbocycles. The summed E-state index contributed by atoms with van der Waals surface area (Å²) in [7, 11) is 1.80. The highest BCUT2D eigenvalue weighted by Crippen LogP contribution is 2.30. The second-order valence-electron chi connectivity index (χ2n) is 4.19. The Morgan fingerprint density at radius 1 is 1.32 bits per heavy atom. The maximum atomic E-state index is 14.0. The van der Waals surface area contributed by atoms with Crippen LogP contribution in [-0.2, 0) is 6.42 Å². The average molecular weight is 324 g/mol. The summed E-state index contributed by atoms with van der Waals surface area (Å²) in [6, 6.07) is 4.85. The molecule has 0 atom stereocenters. The molecule has 100 valence electrons. The Hall–Kier alpha value is -1.49. The molecule has 0 fully saturated rings. The Labute approximate surface area is 120 Å². The van der Waals surface area contributed by atoms with Crippen molar-refractivity contribution >= 4 is 21.7 Å². The number of aromatic nitrogens is 2. The molecule has 0 saturated heterocycles. The second kappa shape index (κ2) is 5.65. The van der Waals surface area contributed by atoms with E-state index in [1.165, 1.54) is 6.07 Å². The molecule has 0 unspecified atom stereocenters. The highest BCUT2D eigenvalue weighted by Gasteiger charge is 2.14. The van der Waals surface area contributed by atoms with Crippen LogP contribution in [0, 0.1) is 12.7 Å². The van der Waals surface area contributed by atoms with Crippen LogP contribution in [0.2, 0.25) is 0 Å². The summed E-state index contributed by atoms with van der Waals surface area (Å²) in [6.45, 7) is 3.87. The quantitative estimate of drug-likeness (QED) is 0.929. The maximum absolute atomic E-state index is 14.0. The van der Waals surface area contributed by atoms with Crippen LogP contribution in [0.15, 0.2) is 22.7 Å². The number of anilines is 1. The molecule has 0 aliphatic rings. The molecule has 1 N–H and O–H groups in total. The van der Waals surface area contributed by atoms with E-state index in [0.29, 0.717) is 23.5 Å². The van der Waals surface area contributed by atoms with Crippen molar-refractivity contribution in [3.8, 4) is 11.3 Å². The van der Waals surface area contributed by atoms with E-state index in [9.17, 15) is 4.39 Å². The van der Waals surface area contributed by atoms with Crippen molar-refractivity contribution in [1.29, 1.82) is 0 Å². The van der Waals surface area contributed by atoms with Crippen molar-refractivity contribution in [1.82, 2.24) is 9.97 Å². The Balaban J connectivity index is 2.70. The Morgan fingerprint density at radius 3 is 2.68 bits per heavy atom. The van der Waals surface area contributed by atoms with Gasteiger partial charge >= 0.3 is 0 Å². The van der Waals surface area contributed by atoms with E-state index >= 15 is 0 Å². The van der Waals surface area contributed by atoms with Crippen LogP contribution in [0.1, 0.15) is 18.3 Å². The van der Waals surface area contributed by atoms with E-state index in [4.69, 9.17) is 0 Å². The topological polar surface area (TPSA) is 37.8 Å². The van der Waals surface area contributed by atoms with Crippen LogP contribution in [0.3, 0.4) is 0 Å². The van der Waals surface area contributed by atoms with Crippen LogP contribution >= 0.6 is 15.9 Å². The molecule has 0 radical (unpaired) electrons. The minimum Gasteiger partial charge on any atom is -0.373 e. The molecule has 0 aliphatic heterocycles. The normalized spacial score (nSPS) is 10.6. The van der Waals surface area contributed by atoms with Crippen LogP contribution in [-0.4, -0.2) is 17.0 Å². The standard InChI is InChI=1S/C14H15BrFN3/c1-4-12-18-13(8(2)14(17-3)19-12)10-7-9(15)5-6-11(10)16/h5-7H,4H2,1-3H3,(H,17,18,19).